The molecule has 1 amide bonds. The van der Waals surface area contributed by atoms with Crippen molar-refractivity contribution in [3.63, 3.8) is 0 Å². The van der Waals surface area contributed by atoms with Gasteiger partial charge in [-0.3, -0.25) is 4.79 Å². The van der Waals surface area contributed by atoms with Crippen LogP contribution in [0.3, 0.4) is 0 Å². The van der Waals surface area contributed by atoms with E-state index in [1.807, 2.05) is 0 Å². The van der Waals surface area contributed by atoms with Gasteiger partial charge >= 0.3 is 5.97 Å². The molecule has 122 valence electrons. The van der Waals surface area contributed by atoms with Crippen LogP contribution < -0.4 is 5.32 Å². The number of nitrogens with one attached hydrogen (secondary N) is 1. The summed E-state index contributed by atoms with van der Waals surface area (Å²) in [5.74, 6) is -1.70. The van der Waals surface area contributed by atoms with E-state index in [4.69, 9.17) is 20.9 Å². The Morgan fingerprint density at radius 3 is 2.78 bits per heavy atom. The van der Waals surface area contributed by atoms with Crippen molar-refractivity contribution in [2.75, 3.05) is 5.32 Å². The third-order valence-corrected chi connectivity index (χ3v) is 3.27. The molecule has 0 aliphatic carbocycles. The van der Waals surface area contributed by atoms with Crippen molar-refractivity contribution in [1.82, 2.24) is 5.16 Å². The van der Waals surface area contributed by atoms with Gasteiger partial charge in [0.25, 0.3) is 5.91 Å². The Morgan fingerprint density at radius 1 is 1.48 bits per heavy atom. The largest absolute Gasteiger partial charge is 0.449 e. The van der Waals surface area contributed by atoms with Crippen molar-refractivity contribution in [3.05, 3.63) is 46.4 Å². The summed E-state index contributed by atoms with van der Waals surface area (Å²) in [6.07, 6.45) is -0.921. The van der Waals surface area contributed by atoms with Crippen LogP contribution in [0.1, 0.15) is 29.5 Å². The molecule has 0 saturated heterocycles. The van der Waals surface area contributed by atoms with Gasteiger partial charge in [0, 0.05) is 6.07 Å². The quantitative estimate of drug-likeness (QED) is 0.844. The molecule has 1 unspecified atom stereocenters. The zero-order valence-corrected chi connectivity index (χ0v) is 13.2. The second kappa shape index (κ2) is 7.23. The number of aromatic nitrogens is 1. The van der Waals surface area contributed by atoms with E-state index in [1.54, 1.807) is 13.8 Å². The number of anilines is 1. The Bertz CT molecular complexity index is 712. The van der Waals surface area contributed by atoms with Gasteiger partial charge < -0.3 is 14.6 Å². The van der Waals surface area contributed by atoms with Crippen LogP contribution in [0.15, 0.2) is 28.8 Å². The van der Waals surface area contributed by atoms with E-state index in [2.05, 4.69) is 10.5 Å². The summed E-state index contributed by atoms with van der Waals surface area (Å²) >= 11 is 5.80. The van der Waals surface area contributed by atoms with Gasteiger partial charge in [0.2, 0.25) is 0 Å². The van der Waals surface area contributed by atoms with Crippen LogP contribution in [0.4, 0.5) is 10.2 Å². The number of nitrogens with zero attached hydrogens (tertiary/aromatic N) is 1. The molecular formula is C15H14ClFN2O4. The van der Waals surface area contributed by atoms with Crippen LogP contribution in [-0.4, -0.2) is 23.1 Å². The number of ether oxygens (including phenoxy) is 1. The predicted octanol–water partition coefficient (Wildman–Crippen LogP) is 3.35. The van der Waals surface area contributed by atoms with Gasteiger partial charge in [-0.2, -0.15) is 0 Å². The van der Waals surface area contributed by atoms with Crippen LogP contribution in [0, 0.1) is 12.7 Å². The van der Waals surface area contributed by atoms with E-state index in [9.17, 15) is 14.0 Å². The second-order valence-corrected chi connectivity index (χ2v) is 5.12. The number of hydrogen-bond acceptors (Lipinski definition) is 5. The van der Waals surface area contributed by atoms with E-state index in [0.717, 1.165) is 6.07 Å². The molecule has 2 aromatic rings. The number of carbonyl (C=O) groups excluding carboxylic acids is 2. The minimum Gasteiger partial charge on any atom is -0.449 e. The molecular weight excluding hydrogens is 327 g/mol. The number of benzene rings is 1. The molecule has 2 rings (SSSR count). The lowest BCUT2D eigenvalue weighted by atomic mass is 10.2. The van der Waals surface area contributed by atoms with E-state index in [0.29, 0.717) is 5.76 Å². The van der Waals surface area contributed by atoms with E-state index in [-0.39, 0.29) is 17.3 Å². The monoisotopic (exact) mass is 340 g/mol. The van der Waals surface area contributed by atoms with E-state index in [1.165, 1.54) is 18.2 Å². The smallest absolute Gasteiger partial charge is 0.343 e. The van der Waals surface area contributed by atoms with Gasteiger partial charge in [-0.05, 0) is 25.5 Å². The fraction of sp³-hybridized carbons (Fsp3) is 0.267. The second-order valence-electron chi connectivity index (χ2n) is 4.71. The fourth-order valence-electron chi connectivity index (χ4n) is 1.84. The van der Waals surface area contributed by atoms with Gasteiger partial charge in [-0.1, -0.05) is 29.7 Å². The summed E-state index contributed by atoms with van der Waals surface area (Å²) in [6, 6.07) is 5.33. The van der Waals surface area contributed by atoms with Gasteiger partial charge in [-0.25, -0.2) is 9.18 Å². The first kappa shape index (κ1) is 17.0. The molecule has 0 spiro atoms. The highest BCUT2D eigenvalue weighted by molar-refractivity contribution is 6.33. The molecule has 1 aromatic heterocycles. The first-order chi connectivity index (χ1) is 10.9. The molecule has 0 saturated carbocycles. The van der Waals surface area contributed by atoms with Crippen LogP contribution in [0.5, 0.6) is 0 Å². The Balaban J connectivity index is 2.09. The van der Waals surface area contributed by atoms with Crippen LogP contribution >= 0.6 is 11.6 Å². The van der Waals surface area contributed by atoms with E-state index >= 15 is 0 Å². The van der Waals surface area contributed by atoms with Crippen molar-refractivity contribution in [1.29, 1.82) is 0 Å². The van der Waals surface area contributed by atoms with E-state index < -0.39 is 29.4 Å². The zero-order chi connectivity index (χ0) is 17.0. The lowest BCUT2D eigenvalue weighted by Crippen LogP contribution is -2.32. The summed E-state index contributed by atoms with van der Waals surface area (Å²) in [6.45, 7) is 3.31. The maximum absolute atomic E-state index is 13.7. The third kappa shape index (κ3) is 4.07. The number of esters is 1. The molecule has 1 heterocycles. The lowest BCUT2D eigenvalue weighted by molar-refractivity contribution is -0.124. The Labute approximate surface area is 136 Å². The molecule has 0 aliphatic rings. The highest BCUT2D eigenvalue weighted by atomic mass is 35.5. The minimum absolute atomic E-state index is 0.0858. The summed E-state index contributed by atoms with van der Waals surface area (Å²) in [4.78, 5) is 24.1. The zero-order valence-electron chi connectivity index (χ0n) is 12.4. The molecule has 0 radical (unpaired) electrons. The molecule has 23 heavy (non-hydrogen) atoms. The number of aryl methyl sites for hydroxylation is 1. The summed E-state index contributed by atoms with van der Waals surface area (Å²) in [7, 11) is 0. The maximum Gasteiger partial charge on any atom is 0.343 e. The van der Waals surface area contributed by atoms with Crippen molar-refractivity contribution < 1.29 is 23.2 Å². The van der Waals surface area contributed by atoms with Crippen LogP contribution in [0.2, 0.25) is 5.02 Å². The average Bonchev–Trinajstić information content (AvgIpc) is 2.89. The number of hydrogen-bond donors (Lipinski definition) is 1. The number of carbonyl (C=O) groups is 2. The molecule has 1 aromatic carbocycles. The van der Waals surface area contributed by atoms with Gasteiger partial charge in [0.05, 0.1) is 5.02 Å². The summed E-state index contributed by atoms with van der Waals surface area (Å²) in [5.41, 5.74) is -0.405. The molecule has 1 atom stereocenters. The topological polar surface area (TPSA) is 81.4 Å². The number of rotatable bonds is 5. The van der Waals surface area contributed by atoms with Gasteiger partial charge in [0.15, 0.2) is 11.9 Å². The number of amides is 1. The predicted molar refractivity (Wildman–Crippen MR) is 80.8 cm³/mol. The Morgan fingerprint density at radius 2 is 2.22 bits per heavy atom. The lowest BCUT2D eigenvalue weighted by Gasteiger charge is -2.15. The highest BCUT2D eigenvalue weighted by Crippen LogP contribution is 2.21. The minimum atomic E-state index is -1.12. The Hall–Kier alpha value is -2.41. The van der Waals surface area contributed by atoms with Crippen LogP contribution in [0.25, 0.3) is 0 Å². The Kier molecular flexibility index (Phi) is 5.33. The molecule has 1 N–H and O–H groups in total. The third-order valence-electron chi connectivity index (χ3n) is 2.96. The molecule has 0 bridgehead atoms. The average molecular weight is 341 g/mol. The molecule has 6 nitrogen and oxygen atoms in total. The SMILES string of the molecule is CCC(OC(=O)c1c(F)cccc1Cl)C(=O)Nc1cc(C)on1. The molecule has 0 fully saturated rings. The highest BCUT2D eigenvalue weighted by Gasteiger charge is 2.25. The van der Waals surface area contributed by atoms with Crippen molar-refractivity contribution in [3.8, 4) is 0 Å². The molecule has 0 aliphatic heterocycles. The first-order valence-electron chi connectivity index (χ1n) is 6.81. The fourth-order valence-corrected chi connectivity index (χ4v) is 2.08. The molecule has 8 heteroatoms. The first-order valence-corrected chi connectivity index (χ1v) is 7.19. The van der Waals surface area contributed by atoms with Gasteiger partial charge in [0.1, 0.15) is 17.1 Å². The standard InChI is InChI=1S/C15H14ClFN2O4/c1-3-11(14(20)18-12-7-8(2)23-19-12)22-15(21)13-9(16)5-4-6-10(13)17/h4-7,11H,3H2,1-2H3,(H,18,19,20). The van der Waals surface area contributed by atoms with Crippen molar-refractivity contribution in [2.24, 2.45) is 0 Å². The maximum atomic E-state index is 13.7. The number of halogens is 2. The normalized spacial score (nSPS) is 11.8. The summed E-state index contributed by atoms with van der Waals surface area (Å²) < 4.78 is 23.6. The van der Waals surface area contributed by atoms with Crippen LogP contribution in [-0.2, 0) is 9.53 Å². The van der Waals surface area contributed by atoms with Crippen molar-refractivity contribution >= 4 is 29.3 Å². The summed E-state index contributed by atoms with van der Waals surface area (Å²) in [5, 5.41) is 5.98. The van der Waals surface area contributed by atoms with Gasteiger partial charge in [-0.15, -0.1) is 0 Å². The van der Waals surface area contributed by atoms with Crippen molar-refractivity contribution in [2.45, 2.75) is 26.4 Å².